The molecule has 2 saturated heterocycles. The van der Waals surface area contributed by atoms with E-state index >= 15 is 0 Å². The molecule has 0 radical (unpaired) electrons. The third-order valence-electron chi connectivity index (χ3n) is 5.44. The van der Waals surface area contributed by atoms with Crippen molar-refractivity contribution in [3.8, 4) is 0 Å². The first kappa shape index (κ1) is 18.1. The number of hydrogen-bond acceptors (Lipinski definition) is 6. The van der Waals surface area contributed by atoms with Gasteiger partial charge in [-0.25, -0.2) is 4.39 Å². The van der Waals surface area contributed by atoms with Crippen LogP contribution in [0.2, 0.25) is 0 Å². The van der Waals surface area contributed by atoms with E-state index in [4.69, 9.17) is 9.15 Å². The van der Waals surface area contributed by atoms with E-state index in [2.05, 4.69) is 15.1 Å². The van der Waals surface area contributed by atoms with Gasteiger partial charge in [0.1, 0.15) is 12.4 Å². The van der Waals surface area contributed by atoms with Gasteiger partial charge >= 0.3 is 0 Å². The second kappa shape index (κ2) is 7.36. The maximum atomic E-state index is 13.8. The Bertz CT molecular complexity index is 827. The summed E-state index contributed by atoms with van der Waals surface area (Å²) in [7, 11) is 1.51. The third-order valence-corrected chi connectivity index (χ3v) is 5.44. The van der Waals surface area contributed by atoms with Crippen LogP contribution < -0.4 is 0 Å². The fourth-order valence-corrected chi connectivity index (χ4v) is 4.44. The van der Waals surface area contributed by atoms with Crippen molar-refractivity contribution in [2.75, 3.05) is 33.4 Å². The zero-order valence-electron chi connectivity index (χ0n) is 15.5. The summed E-state index contributed by atoms with van der Waals surface area (Å²) >= 11 is 0. The molecule has 1 aromatic carbocycles. The van der Waals surface area contributed by atoms with Gasteiger partial charge in [-0.3, -0.25) is 9.69 Å². The second-order valence-corrected chi connectivity index (χ2v) is 7.31. The zero-order chi connectivity index (χ0) is 19.0. The van der Waals surface area contributed by atoms with Crippen LogP contribution in [-0.2, 0) is 16.1 Å². The number of hydrogen-bond donors (Lipinski definition) is 0. The van der Waals surface area contributed by atoms with Gasteiger partial charge in [-0.2, -0.15) is 0 Å². The fourth-order valence-electron chi connectivity index (χ4n) is 4.44. The molecule has 27 heavy (non-hydrogen) atoms. The maximum absolute atomic E-state index is 13.8. The number of carbonyl (C=O) groups is 1. The minimum Gasteiger partial charge on any atom is -0.424 e. The number of likely N-dealkylation sites (tertiary alicyclic amines) is 2. The second-order valence-electron chi connectivity index (χ2n) is 7.31. The Balaban J connectivity index is 1.56. The summed E-state index contributed by atoms with van der Waals surface area (Å²) < 4.78 is 24.4. The Morgan fingerprint density at radius 3 is 2.89 bits per heavy atom. The van der Waals surface area contributed by atoms with Crippen LogP contribution in [0.3, 0.4) is 0 Å². The van der Waals surface area contributed by atoms with Crippen molar-refractivity contribution in [3.63, 3.8) is 0 Å². The van der Waals surface area contributed by atoms with E-state index in [-0.39, 0.29) is 30.3 Å². The summed E-state index contributed by atoms with van der Waals surface area (Å²) in [5, 5.41) is 7.95. The predicted octanol–water partition coefficient (Wildman–Crippen LogP) is 1.80. The molecule has 1 aromatic heterocycles. The van der Waals surface area contributed by atoms with Crippen LogP contribution in [0.25, 0.3) is 0 Å². The number of rotatable bonds is 5. The summed E-state index contributed by atoms with van der Waals surface area (Å²) in [5.74, 6) is 1.37. The number of amides is 1. The van der Waals surface area contributed by atoms with Crippen molar-refractivity contribution >= 4 is 5.91 Å². The smallest absolute Gasteiger partial charge is 0.249 e. The number of aromatic nitrogens is 2. The molecule has 4 rings (SSSR count). The molecule has 0 N–H and O–H groups in total. The minimum absolute atomic E-state index is 0.0379. The quantitative estimate of drug-likeness (QED) is 0.795. The lowest BCUT2D eigenvalue weighted by molar-refractivity contribution is -0.136. The van der Waals surface area contributed by atoms with Crippen LogP contribution in [0.15, 0.2) is 28.7 Å². The molecule has 2 aliphatic rings. The van der Waals surface area contributed by atoms with E-state index in [1.807, 2.05) is 11.0 Å². The van der Waals surface area contributed by atoms with Crippen molar-refractivity contribution in [2.24, 2.45) is 11.8 Å². The number of carbonyl (C=O) groups excluding carboxylic acids is 1. The van der Waals surface area contributed by atoms with Crippen LogP contribution in [0, 0.1) is 24.6 Å². The number of ether oxygens (including phenoxy) is 1. The average molecular weight is 374 g/mol. The lowest BCUT2D eigenvalue weighted by Gasteiger charge is -2.29. The summed E-state index contributed by atoms with van der Waals surface area (Å²) in [6.07, 6.45) is 0. The van der Waals surface area contributed by atoms with Crippen molar-refractivity contribution in [3.05, 3.63) is 47.4 Å². The topological polar surface area (TPSA) is 71.7 Å². The number of halogens is 1. The Labute approximate surface area is 157 Å². The van der Waals surface area contributed by atoms with E-state index < -0.39 is 0 Å². The number of aryl methyl sites for hydroxylation is 1. The molecular weight excluding hydrogens is 351 g/mol. The molecule has 0 aliphatic carbocycles. The molecule has 0 saturated carbocycles. The van der Waals surface area contributed by atoms with Gasteiger partial charge < -0.3 is 14.1 Å². The van der Waals surface area contributed by atoms with Crippen molar-refractivity contribution in [1.82, 2.24) is 20.0 Å². The van der Waals surface area contributed by atoms with E-state index in [0.717, 1.165) is 18.7 Å². The highest BCUT2D eigenvalue weighted by Crippen LogP contribution is 2.45. The van der Waals surface area contributed by atoms with Gasteiger partial charge in [0.2, 0.25) is 17.7 Å². The van der Waals surface area contributed by atoms with Crippen LogP contribution in [0.4, 0.5) is 4.39 Å². The van der Waals surface area contributed by atoms with E-state index in [1.54, 1.807) is 13.0 Å². The van der Waals surface area contributed by atoms with Crippen molar-refractivity contribution in [1.29, 1.82) is 0 Å². The highest BCUT2D eigenvalue weighted by atomic mass is 19.1. The lowest BCUT2D eigenvalue weighted by atomic mass is 9.89. The van der Waals surface area contributed by atoms with Crippen LogP contribution in [-0.4, -0.2) is 59.3 Å². The normalized spacial score (nSPS) is 25.1. The fraction of sp³-hybridized carbons (Fsp3) is 0.526. The molecule has 7 nitrogen and oxygen atoms in total. The molecule has 3 heterocycles. The van der Waals surface area contributed by atoms with E-state index in [9.17, 15) is 9.18 Å². The largest absolute Gasteiger partial charge is 0.424 e. The first-order valence-electron chi connectivity index (χ1n) is 9.10. The number of fused-ring (bicyclic) bond motifs is 1. The van der Waals surface area contributed by atoms with Gasteiger partial charge in [0, 0.05) is 39.6 Å². The predicted molar refractivity (Wildman–Crippen MR) is 94.0 cm³/mol. The van der Waals surface area contributed by atoms with Crippen molar-refractivity contribution in [2.45, 2.75) is 19.5 Å². The SMILES string of the molecule is COCC(=O)N1C[C@H]2CN(Cc3nnc(C)o3)C[C@H]2[C@@H]1c1cccc(F)c1. The molecule has 1 amide bonds. The average Bonchev–Trinajstić information content (AvgIpc) is 3.29. The Hall–Kier alpha value is -2.32. The Morgan fingerprint density at radius 1 is 1.33 bits per heavy atom. The summed E-state index contributed by atoms with van der Waals surface area (Å²) in [6, 6.07) is 6.40. The summed E-state index contributed by atoms with van der Waals surface area (Å²) in [6.45, 7) is 4.69. The van der Waals surface area contributed by atoms with Gasteiger partial charge in [-0.05, 0) is 23.6 Å². The Morgan fingerprint density at radius 2 is 2.19 bits per heavy atom. The van der Waals surface area contributed by atoms with Gasteiger partial charge in [-0.1, -0.05) is 12.1 Å². The van der Waals surface area contributed by atoms with Crippen LogP contribution >= 0.6 is 0 Å². The minimum atomic E-state index is -0.286. The van der Waals surface area contributed by atoms with Crippen molar-refractivity contribution < 1.29 is 18.3 Å². The van der Waals surface area contributed by atoms with Crippen LogP contribution in [0.1, 0.15) is 23.4 Å². The van der Waals surface area contributed by atoms with Crippen LogP contribution in [0.5, 0.6) is 0 Å². The molecule has 144 valence electrons. The first-order chi connectivity index (χ1) is 13.0. The monoisotopic (exact) mass is 374 g/mol. The number of benzene rings is 1. The molecule has 0 unspecified atom stereocenters. The maximum Gasteiger partial charge on any atom is 0.249 e. The molecule has 2 aromatic rings. The number of methoxy groups -OCH3 is 1. The third kappa shape index (κ3) is 3.59. The van der Waals surface area contributed by atoms with E-state index in [1.165, 1.54) is 19.2 Å². The van der Waals surface area contributed by atoms with Gasteiger partial charge in [0.25, 0.3) is 0 Å². The highest BCUT2D eigenvalue weighted by molar-refractivity contribution is 5.78. The summed E-state index contributed by atoms with van der Waals surface area (Å²) in [4.78, 5) is 16.7. The first-order valence-corrected chi connectivity index (χ1v) is 9.10. The van der Waals surface area contributed by atoms with E-state index in [0.29, 0.717) is 30.8 Å². The van der Waals surface area contributed by atoms with Gasteiger partial charge in [0.15, 0.2) is 0 Å². The summed E-state index contributed by atoms with van der Waals surface area (Å²) in [5.41, 5.74) is 0.836. The molecule has 0 bridgehead atoms. The standard InChI is InChI=1S/C19H23FN4O3/c1-12-21-22-17(27-12)10-23-7-14-8-24(18(25)11-26-2)19(16(14)9-23)13-4-3-5-15(20)6-13/h3-6,14,16,19H,7-11H2,1-2H3/t14-,16-,19+/m1/s1. The molecule has 3 atom stereocenters. The molecule has 0 spiro atoms. The molecule has 8 heteroatoms. The highest BCUT2D eigenvalue weighted by Gasteiger charge is 2.49. The lowest BCUT2D eigenvalue weighted by Crippen LogP contribution is -2.37. The molecular formula is C19H23FN4O3. The van der Waals surface area contributed by atoms with Gasteiger partial charge in [0.05, 0.1) is 12.6 Å². The Kier molecular flexibility index (Phi) is 4.92. The van der Waals surface area contributed by atoms with Gasteiger partial charge in [-0.15, -0.1) is 10.2 Å². The zero-order valence-corrected chi connectivity index (χ0v) is 15.5. The molecule has 2 aliphatic heterocycles. The molecule has 2 fully saturated rings. The number of nitrogens with zero attached hydrogens (tertiary/aromatic N) is 4.